The van der Waals surface area contributed by atoms with Crippen molar-refractivity contribution in [1.82, 2.24) is 10.6 Å². The number of unbranched alkanes of at least 4 members (excludes halogenated alkanes) is 1. The highest BCUT2D eigenvalue weighted by Crippen LogP contribution is 2.36. The summed E-state index contributed by atoms with van der Waals surface area (Å²) in [4.78, 5) is 4.24. The average molecular weight is 415 g/mol. The van der Waals surface area contributed by atoms with Crippen LogP contribution >= 0.6 is 35.7 Å². The zero-order chi connectivity index (χ0) is 14.0. The third-order valence-corrected chi connectivity index (χ3v) is 4.87. The second-order valence-corrected chi connectivity index (χ2v) is 6.90. The largest absolute Gasteiger partial charge is 0.380 e. The van der Waals surface area contributed by atoms with Crippen molar-refractivity contribution >= 4 is 41.7 Å². The number of aliphatic imine (C=N–C) groups is 1. The van der Waals surface area contributed by atoms with E-state index in [4.69, 9.17) is 4.74 Å². The van der Waals surface area contributed by atoms with Crippen LogP contribution in [0.5, 0.6) is 0 Å². The summed E-state index contributed by atoms with van der Waals surface area (Å²) in [6.45, 7) is 7.90. The molecule has 1 saturated heterocycles. The topological polar surface area (TPSA) is 45.6 Å². The van der Waals surface area contributed by atoms with Crippen LogP contribution in [0.15, 0.2) is 4.99 Å². The van der Waals surface area contributed by atoms with Gasteiger partial charge in [0.1, 0.15) is 0 Å². The van der Waals surface area contributed by atoms with Crippen molar-refractivity contribution < 1.29 is 4.74 Å². The Balaban J connectivity index is 0.00000361. The van der Waals surface area contributed by atoms with Crippen molar-refractivity contribution in [2.75, 3.05) is 39.1 Å². The molecule has 1 aliphatic heterocycles. The smallest absolute Gasteiger partial charge is 0.191 e. The number of hydrogen-bond donors (Lipinski definition) is 2. The minimum atomic E-state index is 0. The van der Waals surface area contributed by atoms with Crippen LogP contribution in [-0.4, -0.2) is 49.8 Å². The van der Waals surface area contributed by atoms with E-state index in [1.807, 2.05) is 7.05 Å². The van der Waals surface area contributed by atoms with E-state index in [-0.39, 0.29) is 24.0 Å². The highest BCUT2D eigenvalue weighted by Gasteiger charge is 2.29. The van der Waals surface area contributed by atoms with E-state index in [0.717, 1.165) is 38.7 Å². The Morgan fingerprint density at radius 3 is 2.75 bits per heavy atom. The zero-order valence-corrected chi connectivity index (χ0v) is 16.2. The lowest BCUT2D eigenvalue weighted by atomic mass is 10.1. The van der Waals surface area contributed by atoms with Crippen molar-refractivity contribution in [2.45, 2.75) is 44.3 Å². The molecule has 6 heteroatoms. The fourth-order valence-corrected chi connectivity index (χ4v) is 3.30. The van der Waals surface area contributed by atoms with Crippen molar-refractivity contribution in [2.24, 2.45) is 4.99 Å². The number of guanidine groups is 1. The van der Waals surface area contributed by atoms with Gasteiger partial charge in [-0.25, -0.2) is 0 Å². The number of halogens is 1. The molecule has 0 aromatic carbocycles. The maximum atomic E-state index is 5.52. The Morgan fingerprint density at radius 2 is 2.15 bits per heavy atom. The minimum Gasteiger partial charge on any atom is -0.380 e. The molecule has 0 radical (unpaired) electrons. The predicted molar refractivity (Wildman–Crippen MR) is 101 cm³/mol. The average Bonchev–Trinajstić information content (AvgIpc) is 2.84. The Hall–Kier alpha value is 0.310. The quantitative estimate of drug-likeness (QED) is 0.277. The maximum absolute atomic E-state index is 5.52. The van der Waals surface area contributed by atoms with Gasteiger partial charge in [0.05, 0.1) is 6.61 Å². The maximum Gasteiger partial charge on any atom is 0.191 e. The molecule has 1 unspecified atom stereocenters. The summed E-state index contributed by atoms with van der Waals surface area (Å²) >= 11 is 2.06. The van der Waals surface area contributed by atoms with Crippen LogP contribution < -0.4 is 10.6 Å². The summed E-state index contributed by atoms with van der Waals surface area (Å²) in [5.74, 6) is 2.17. The second kappa shape index (κ2) is 11.9. The van der Waals surface area contributed by atoms with Gasteiger partial charge < -0.3 is 15.4 Å². The number of rotatable bonds is 8. The van der Waals surface area contributed by atoms with Gasteiger partial charge in [-0.3, -0.25) is 4.99 Å². The second-order valence-electron chi connectivity index (χ2n) is 5.22. The Labute approximate surface area is 145 Å². The molecule has 1 fully saturated rings. The van der Waals surface area contributed by atoms with Crippen LogP contribution in [-0.2, 0) is 4.74 Å². The lowest BCUT2D eigenvalue weighted by Crippen LogP contribution is -2.44. The van der Waals surface area contributed by atoms with E-state index in [9.17, 15) is 0 Å². The minimum absolute atomic E-state index is 0. The van der Waals surface area contributed by atoms with Gasteiger partial charge in [0.25, 0.3) is 0 Å². The number of thioether (sulfide) groups is 1. The SMILES string of the molecule is CCCCOCCNC(=NC)NCC1(C)CCCS1.I. The standard InChI is InChI=1S/C14H29N3OS.HI/c1-4-5-9-18-10-8-16-13(15-3)17-12-14(2)7-6-11-19-14;/h4-12H2,1-3H3,(H2,15,16,17);1H. The van der Waals surface area contributed by atoms with Crippen LogP contribution in [0.25, 0.3) is 0 Å². The van der Waals surface area contributed by atoms with Crippen molar-refractivity contribution in [3.8, 4) is 0 Å². The fraction of sp³-hybridized carbons (Fsp3) is 0.929. The lowest BCUT2D eigenvalue weighted by molar-refractivity contribution is 0.136. The molecule has 0 saturated carbocycles. The van der Waals surface area contributed by atoms with E-state index < -0.39 is 0 Å². The summed E-state index contributed by atoms with van der Waals surface area (Å²) < 4.78 is 5.89. The first-order valence-electron chi connectivity index (χ1n) is 7.36. The Kier molecular flexibility index (Phi) is 12.1. The Bertz CT molecular complexity index is 271. The zero-order valence-electron chi connectivity index (χ0n) is 13.0. The first-order chi connectivity index (χ1) is 9.20. The summed E-state index contributed by atoms with van der Waals surface area (Å²) in [7, 11) is 1.82. The summed E-state index contributed by atoms with van der Waals surface area (Å²) in [5.41, 5.74) is 0. The van der Waals surface area contributed by atoms with Gasteiger partial charge in [-0.05, 0) is 31.9 Å². The molecular weight excluding hydrogens is 385 g/mol. The number of ether oxygens (including phenoxy) is 1. The summed E-state index contributed by atoms with van der Waals surface area (Å²) in [6, 6.07) is 0. The van der Waals surface area contributed by atoms with Crippen LogP contribution in [0, 0.1) is 0 Å². The molecule has 120 valence electrons. The van der Waals surface area contributed by atoms with Crippen LogP contribution in [0.1, 0.15) is 39.5 Å². The normalized spacial score (nSPS) is 22.4. The van der Waals surface area contributed by atoms with Gasteiger partial charge >= 0.3 is 0 Å². The lowest BCUT2D eigenvalue weighted by Gasteiger charge is -2.24. The molecule has 0 amide bonds. The first kappa shape index (κ1) is 20.3. The first-order valence-corrected chi connectivity index (χ1v) is 8.35. The molecule has 1 aliphatic rings. The number of nitrogens with one attached hydrogen (secondary N) is 2. The monoisotopic (exact) mass is 415 g/mol. The van der Waals surface area contributed by atoms with Gasteiger partial charge in [-0.15, -0.1) is 24.0 Å². The van der Waals surface area contributed by atoms with Crippen LogP contribution in [0.4, 0.5) is 0 Å². The molecule has 0 aromatic heterocycles. The van der Waals surface area contributed by atoms with Crippen LogP contribution in [0.3, 0.4) is 0 Å². The van der Waals surface area contributed by atoms with Crippen molar-refractivity contribution in [1.29, 1.82) is 0 Å². The van der Waals surface area contributed by atoms with Gasteiger partial charge in [0.2, 0.25) is 0 Å². The third-order valence-electron chi connectivity index (χ3n) is 3.33. The van der Waals surface area contributed by atoms with E-state index >= 15 is 0 Å². The molecule has 20 heavy (non-hydrogen) atoms. The highest BCUT2D eigenvalue weighted by molar-refractivity contribution is 14.0. The molecule has 4 nitrogen and oxygen atoms in total. The molecule has 0 bridgehead atoms. The molecule has 0 spiro atoms. The predicted octanol–water partition coefficient (Wildman–Crippen LogP) is 2.87. The number of hydrogen-bond acceptors (Lipinski definition) is 3. The van der Waals surface area contributed by atoms with E-state index in [0.29, 0.717) is 4.75 Å². The van der Waals surface area contributed by atoms with Crippen molar-refractivity contribution in [3.05, 3.63) is 0 Å². The summed E-state index contributed by atoms with van der Waals surface area (Å²) in [6.07, 6.45) is 4.96. The molecule has 1 atom stereocenters. The highest BCUT2D eigenvalue weighted by atomic mass is 127. The fourth-order valence-electron chi connectivity index (χ4n) is 2.06. The van der Waals surface area contributed by atoms with Crippen molar-refractivity contribution in [3.63, 3.8) is 0 Å². The number of nitrogens with zero attached hydrogens (tertiary/aromatic N) is 1. The molecule has 1 rings (SSSR count). The van der Waals surface area contributed by atoms with E-state index in [2.05, 4.69) is 41.2 Å². The van der Waals surface area contributed by atoms with Gasteiger partial charge in [0.15, 0.2) is 5.96 Å². The molecular formula is C14H30IN3OS. The van der Waals surface area contributed by atoms with Gasteiger partial charge in [-0.2, -0.15) is 11.8 Å². The molecule has 1 heterocycles. The van der Waals surface area contributed by atoms with E-state index in [1.54, 1.807) is 0 Å². The molecule has 2 N–H and O–H groups in total. The Morgan fingerprint density at radius 1 is 1.35 bits per heavy atom. The molecule has 0 aliphatic carbocycles. The van der Waals surface area contributed by atoms with Crippen LogP contribution in [0.2, 0.25) is 0 Å². The van der Waals surface area contributed by atoms with E-state index in [1.165, 1.54) is 25.0 Å². The third kappa shape index (κ3) is 8.56. The van der Waals surface area contributed by atoms with Gasteiger partial charge in [0, 0.05) is 31.5 Å². The summed E-state index contributed by atoms with van der Waals surface area (Å²) in [5, 5.41) is 6.71. The molecule has 0 aromatic rings. The van der Waals surface area contributed by atoms with Gasteiger partial charge in [-0.1, -0.05) is 13.3 Å².